The predicted molar refractivity (Wildman–Crippen MR) is 111 cm³/mol. The largest absolute Gasteiger partial charge is 0.347 e. The Morgan fingerprint density at radius 2 is 1.73 bits per heavy atom. The molecule has 4 nitrogen and oxygen atoms in total. The number of likely N-dealkylation sites (tertiary alicyclic amines) is 1. The number of anilines is 1. The highest BCUT2D eigenvalue weighted by molar-refractivity contribution is 7.18. The van der Waals surface area contributed by atoms with Gasteiger partial charge in [-0.1, -0.05) is 53.1 Å². The summed E-state index contributed by atoms with van der Waals surface area (Å²) in [7, 11) is 0. The Labute approximate surface area is 169 Å². The number of benzene rings is 1. The van der Waals surface area contributed by atoms with Gasteiger partial charge in [-0.15, -0.1) is 10.2 Å². The van der Waals surface area contributed by atoms with Crippen LogP contribution in [0.1, 0.15) is 39.0 Å². The first kappa shape index (κ1) is 18.5. The van der Waals surface area contributed by atoms with Crippen LogP contribution in [0.2, 0.25) is 10.0 Å². The van der Waals surface area contributed by atoms with Crippen molar-refractivity contribution in [1.29, 1.82) is 0 Å². The van der Waals surface area contributed by atoms with E-state index in [-0.39, 0.29) is 0 Å². The van der Waals surface area contributed by atoms with Gasteiger partial charge in [-0.3, -0.25) is 4.90 Å². The molecule has 0 radical (unpaired) electrons. The van der Waals surface area contributed by atoms with Crippen molar-refractivity contribution in [2.75, 3.05) is 31.1 Å². The Bertz CT molecular complexity index is 765. The molecule has 4 rings (SSSR count). The molecule has 3 heterocycles. The van der Waals surface area contributed by atoms with Gasteiger partial charge in [0.1, 0.15) is 0 Å². The molecule has 7 heteroatoms. The van der Waals surface area contributed by atoms with Crippen molar-refractivity contribution in [2.24, 2.45) is 0 Å². The highest BCUT2D eigenvalue weighted by Crippen LogP contribution is 2.38. The van der Waals surface area contributed by atoms with Gasteiger partial charge in [-0.05, 0) is 51.8 Å². The lowest BCUT2D eigenvalue weighted by Crippen LogP contribution is -2.55. The van der Waals surface area contributed by atoms with E-state index >= 15 is 0 Å². The van der Waals surface area contributed by atoms with Crippen molar-refractivity contribution in [3.63, 3.8) is 0 Å². The molecule has 0 bridgehead atoms. The van der Waals surface area contributed by atoms with Crippen LogP contribution in [0.15, 0.2) is 18.2 Å². The molecule has 0 atom stereocenters. The summed E-state index contributed by atoms with van der Waals surface area (Å²) in [4.78, 5) is 5.08. The van der Waals surface area contributed by atoms with Crippen molar-refractivity contribution in [1.82, 2.24) is 15.1 Å². The van der Waals surface area contributed by atoms with Gasteiger partial charge in [0.05, 0.1) is 10.0 Å². The fraction of sp³-hybridized carbons (Fsp3) is 0.579. The molecule has 1 aromatic heterocycles. The van der Waals surface area contributed by atoms with E-state index in [1.165, 1.54) is 45.2 Å². The van der Waals surface area contributed by atoms with Crippen LogP contribution in [0.3, 0.4) is 0 Å². The molecule has 0 aliphatic carbocycles. The van der Waals surface area contributed by atoms with Crippen molar-refractivity contribution in [2.45, 2.75) is 44.6 Å². The van der Waals surface area contributed by atoms with Gasteiger partial charge in [-0.2, -0.15) is 0 Å². The topological polar surface area (TPSA) is 32.3 Å². The summed E-state index contributed by atoms with van der Waals surface area (Å²) in [5, 5.41) is 11.7. The summed E-state index contributed by atoms with van der Waals surface area (Å²) in [6.45, 7) is 7.02. The Hall–Kier alpha value is -0.880. The number of nitrogens with zero attached hydrogens (tertiary/aromatic N) is 4. The third-order valence-electron chi connectivity index (χ3n) is 5.83. The van der Waals surface area contributed by atoms with Crippen LogP contribution in [0.25, 0.3) is 10.6 Å². The Kier molecular flexibility index (Phi) is 5.42. The number of aromatic nitrogens is 2. The van der Waals surface area contributed by atoms with Gasteiger partial charge < -0.3 is 4.90 Å². The van der Waals surface area contributed by atoms with Crippen LogP contribution in [0, 0.1) is 0 Å². The van der Waals surface area contributed by atoms with Gasteiger partial charge >= 0.3 is 0 Å². The summed E-state index contributed by atoms with van der Waals surface area (Å²) >= 11 is 14.1. The first-order chi connectivity index (χ1) is 12.6. The van der Waals surface area contributed by atoms with Crippen LogP contribution in [0.4, 0.5) is 5.13 Å². The number of rotatable bonds is 3. The molecule has 2 saturated heterocycles. The molecule has 0 N–H and O–H groups in total. The lowest BCUT2D eigenvalue weighted by molar-refractivity contribution is 0.0593. The van der Waals surface area contributed by atoms with Crippen molar-refractivity contribution >= 4 is 39.7 Å². The molecule has 2 fully saturated rings. The maximum absolute atomic E-state index is 6.33. The minimum atomic E-state index is 0.334. The third-order valence-corrected chi connectivity index (χ3v) is 7.66. The second-order valence-electron chi connectivity index (χ2n) is 7.52. The zero-order valence-electron chi connectivity index (χ0n) is 15.0. The van der Waals surface area contributed by atoms with Crippen LogP contribution in [-0.2, 0) is 0 Å². The summed E-state index contributed by atoms with van der Waals surface area (Å²) in [5.74, 6) is 0. The van der Waals surface area contributed by atoms with E-state index in [1.807, 2.05) is 12.1 Å². The maximum atomic E-state index is 6.33. The van der Waals surface area contributed by atoms with Crippen molar-refractivity contribution < 1.29 is 0 Å². The molecule has 0 unspecified atom stereocenters. The number of hydrogen-bond acceptors (Lipinski definition) is 5. The highest BCUT2D eigenvalue weighted by Gasteiger charge is 2.36. The Morgan fingerprint density at radius 1 is 1.00 bits per heavy atom. The van der Waals surface area contributed by atoms with Gasteiger partial charge in [0.15, 0.2) is 5.01 Å². The van der Waals surface area contributed by atoms with Gasteiger partial charge in [0, 0.05) is 24.2 Å². The Morgan fingerprint density at radius 3 is 2.46 bits per heavy atom. The second kappa shape index (κ2) is 7.63. The van der Waals surface area contributed by atoms with E-state index in [4.69, 9.17) is 23.2 Å². The monoisotopic (exact) mass is 410 g/mol. The number of piperidine rings is 2. The molecule has 2 aromatic rings. The molecule has 26 heavy (non-hydrogen) atoms. The molecule has 140 valence electrons. The quantitative estimate of drug-likeness (QED) is 0.681. The predicted octanol–water partition coefficient (Wildman–Crippen LogP) is 5.36. The minimum Gasteiger partial charge on any atom is -0.347 e. The zero-order valence-corrected chi connectivity index (χ0v) is 17.4. The van der Waals surface area contributed by atoms with Crippen molar-refractivity contribution in [3.8, 4) is 10.6 Å². The standard InChI is InChI=1S/C19H24Cl2N4S/c1-19(25-10-3-2-4-11-25)8-12-24(13-9-19)18-23-22-17(26-18)14-6-5-7-15(20)16(14)21/h5-7H,2-4,8-13H2,1H3. The van der Waals surface area contributed by atoms with Crippen LogP contribution >= 0.6 is 34.5 Å². The first-order valence-electron chi connectivity index (χ1n) is 9.35. The first-order valence-corrected chi connectivity index (χ1v) is 10.9. The smallest absolute Gasteiger partial charge is 0.208 e. The number of hydrogen-bond donors (Lipinski definition) is 0. The Balaban J connectivity index is 1.45. The van der Waals surface area contributed by atoms with Crippen LogP contribution in [0.5, 0.6) is 0 Å². The van der Waals surface area contributed by atoms with E-state index in [1.54, 1.807) is 17.4 Å². The van der Waals surface area contributed by atoms with E-state index in [0.717, 1.165) is 28.8 Å². The molecule has 0 amide bonds. The van der Waals surface area contributed by atoms with E-state index in [9.17, 15) is 0 Å². The van der Waals surface area contributed by atoms with E-state index in [0.29, 0.717) is 15.6 Å². The molecule has 2 aliphatic rings. The zero-order chi connectivity index (χ0) is 18.1. The SMILES string of the molecule is CC1(N2CCCCC2)CCN(c2nnc(-c3cccc(Cl)c3Cl)s2)CC1. The summed E-state index contributed by atoms with van der Waals surface area (Å²) < 4.78 is 0. The number of halogens is 2. The van der Waals surface area contributed by atoms with Gasteiger partial charge in [-0.25, -0.2) is 0 Å². The van der Waals surface area contributed by atoms with Crippen LogP contribution in [-0.4, -0.2) is 46.8 Å². The molecular weight excluding hydrogens is 387 g/mol. The van der Waals surface area contributed by atoms with E-state index in [2.05, 4.69) is 26.9 Å². The maximum Gasteiger partial charge on any atom is 0.208 e. The fourth-order valence-electron chi connectivity index (χ4n) is 4.05. The normalized spacial score (nSPS) is 21.1. The lowest BCUT2D eigenvalue weighted by atomic mass is 9.86. The van der Waals surface area contributed by atoms with Gasteiger partial charge in [0.2, 0.25) is 5.13 Å². The van der Waals surface area contributed by atoms with Crippen LogP contribution < -0.4 is 4.90 Å². The third kappa shape index (κ3) is 3.59. The van der Waals surface area contributed by atoms with Gasteiger partial charge in [0.25, 0.3) is 0 Å². The lowest BCUT2D eigenvalue weighted by Gasteiger charge is -2.48. The summed E-state index contributed by atoms with van der Waals surface area (Å²) in [6, 6.07) is 5.64. The van der Waals surface area contributed by atoms with E-state index < -0.39 is 0 Å². The summed E-state index contributed by atoms with van der Waals surface area (Å²) in [6.07, 6.45) is 6.44. The summed E-state index contributed by atoms with van der Waals surface area (Å²) in [5.41, 5.74) is 1.19. The molecular formula is C19H24Cl2N4S. The molecule has 1 aromatic carbocycles. The minimum absolute atomic E-state index is 0.334. The second-order valence-corrected chi connectivity index (χ2v) is 9.26. The average Bonchev–Trinajstić information content (AvgIpc) is 3.15. The van der Waals surface area contributed by atoms with Crippen molar-refractivity contribution in [3.05, 3.63) is 28.2 Å². The highest BCUT2D eigenvalue weighted by atomic mass is 35.5. The molecule has 2 aliphatic heterocycles. The molecule has 0 spiro atoms. The average molecular weight is 411 g/mol. The molecule has 0 saturated carbocycles. The fourth-order valence-corrected chi connectivity index (χ4v) is 5.42.